The van der Waals surface area contributed by atoms with Gasteiger partial charge in [-0.15, -0.1) is 11.3 Å². The quantitative estimate of drug-likeness (QED) is 0.873. The number of thiophene rings is 1. The molecule has 0 radical (unpaired) electrons. The highest BCUT2D eigenvalue weighted by molar-refractivity contribution is 7.20. The van der Waals surface area contributed by atoms with Crippen LogP contribution in [-0.4, -0.2) is 35.5 Å². The summed E-state index contributed by atoms with van der Waals surface area (Å²) in [6, 6.07) is 0. The Morgan fingerprint density at radius 1 is 1.24 bits per heavy atom. The van der Waals surface area contributed by atoms with E-state index in [1.54, 1.807) is 0 Å². The molecule has 1 amide bonds. The monoisotopic (exact) mass is 307 g/mol. The first-order valence-corrected chi connectivity index (χ1v) is 7.35. The van der Waals surface area contributed by atoms with Crippen molar-refractivity contribution in [3.05, 3.63) is 22.0 Å². The molecule has 0 atom stereocenters. The number of hydrogen-bond acceptors (Lipinski definition) is 6. The van der Waals surface area contributed by atoms with E-state index < -0.39 is 0 Å². The molecule has 0 aliphatic carbocycles. The minimum Gasteiger partial charge on any atom is -0.469 e. The number of fused-ring (bicyclic) bond motifs is 1. The first-order valence-electron chi connectivity index (χ1n) is 6.53. The van der Waals surface area contributed by atoms with Gasteiger partial charge in [0.1, 0.15) is 10.7 Å². The van der Waals surface area contributed by atoms with E-state index in [-0.39, 0.29) is 24.8 Å². The van der Waals surface area contributed by atoms with Crippen LogP contribution in [0.3, 0.4) is 0 Å². The first kappa shape index (κ1) is 15.4. The lowest BCUT2D eigenvalue weighted by Crippen LogP contribution is -2.26. The second kappa shape index (κ2) is 6.17. The summed E-state index contributed by atoms with van der Waals surface area (Å²) in [6.45, 7) is 5.88. The highest BCUT2D eigenvalue weighted by Gasteiger charge is 2.18. The Kier molecular flexibility index (Phi) is 4.52. The van der Waals surface area contributed by atoms with Gasteiger partial charge in [0, 0.05) is 17.6 Å². The van der Waals surface area contributed by atoms with Gasteiger partial charge in [0.25, 0.3) is 5.91 Å². The van der Waals surface area contributed by atoms with Crippen molar-refractivity contribution in [3.8, 4) is 0 Å². The third-order valence-electron chi connectivity index (χ3n) is 3.13. The third-order valence-corrected chi connectivity index (χ3v) is 4.32. The van der Waals surface area contributed by atoms with E-state index in [1.165, 1.54) is 18.4 Å². The van der Waals surface area contributed by atoms with Crippen LogP contribution >= 0.6 is 11.3 Å². The van der Waals surface area contributed by atoms with Crippen molar-refractivity contribution in [1.29, 1.82) is 0 Å². The molecule has 2 aromatic heterocycles. The van der Waals surface area contributed by atoms with Gasteiger partial charge in [-0.25, -0.2) is 9.97 Å². The maximum absolute atomic E-state index is 12.2. The standard InChI is InChI=1S/C14H17N3O3S/c1-7-11-8(2)16-9(3)17-14(11)21-12(7)13(19)15-6-5-10(18)20-4/h5-6H2,1-4H3,(H,15,19). The van der Waals surface area contributed by atoms with Gasteiger partial charge in [-0.3, -0.25) is 9.59 Å². The SMILES string of the molecule is COC(=O)CCNC(=O)c1sc2nc(C)nc(C)c2c1C. The zero-order chi connectivity index (χ0) is 15.6. The van der Waals surface area contributed by atoms with E-state index in [9.17, 15) is 9.59 Å². The van der Waals surface area contributed by atoms with Crippen LogP contribution in [0.1, 0.15) is 33.2 Å². The number of hydrogen-bond donors (Lipinski definition) is 1. The van der Waals surface area contributed by atoms with Crippen molar-refractivity contribution in [3.63, 3.8) is 0 Å². The van der Waals surface area contributed by atoms with E-state index in [2.05, 4.69) is 20.0 Å². The van der Waals surface area contributed by atoms with Gasteiger partial charge in [-0.1, -0.05) is 0 Å². The molecule has 6 nitrogen and oxygen atoms in total. The van der Waals surface area contributed by atoms with Crippen LogP contribution in [-0.2, 0) is 9.53 Å². The lowest BCUT2D eigenvalue weighted by atomic mass is 10.1. The number of nitrogens with zero attached hydrogens (tertiary/aromatic N) is 2. The number of aryl methyl sites for hydroxylation is 3. The van der Waals surface area contributed by atoms with Crippen LogP contribution in [0, 0.1) is 20.8 Å². The molecule has 7 heteroatoms. The molecule has 0 saturated carbocycles. The van der Waals surface area contributed by atoms with Crippen LogP contribution in [0.4, 0.5) is 0 Å². The zero-order valence-electron chi connectivity index (χ0n) is 12.4. The molecule has 0 aromatic carbocycles. The Hall–Kier alpha value is -2.02. The lowest BCUT2D eigenvalue weighted by Gasteiger charge is -2.03. The number of nitrogens with one attached hydrogen (secondary N) is 1. The summed E-state index contributed by atoms with van der Waals surface area (Å²) in [7, 11) is 1.32. The summed E-state index contributed by atoms with van der Waals surface area (Å²) in [5.74, 6) is 0.149. The van der Waals surface area contributed by atoms with Crippen LogP contribution in [0.15, 0.2) is 0 Å². The Morgan fingerprint density at radius 3 is 2.62 bits per heavy atom. The van der Waals surface area contributed by atoms with Gasteiger partial charge >= 0.3 is 5.97 Å². The fourth-order valence-electron chi connectivity index (χ4n) is 2.15. The first-order chi connectivity index (χ1) is 9.93. The summed E-state index contributed by atoms with van der Waals surface area (Å²) < 4.78 is 4.53. The number of methoxy groups -OCH3 is 1. The van der Waals surface area contributed by atoms with Gasteiger partial charge in [-0.05, 0) is 26.3 Å². The van der Waals surface area contributed by atoms with E-state index in [0.29, 0.717) is 10.7 Å². The minimum absolute atomic E-state index is 0.157. The largest absolute Gasteiger partial charge is 0.469 e. The number of ether oxygens (including phenoxy) is 1. The highest BCUT2D eigenvalue weighted by atomic mass is 32.1. The molecule has 0 spiro atoms. The molecular formula is C14H17N3O3S. The van der Waals surface area contributed by atoms with Crippen molar-refractivity contribution in [1.82, 2.24) is 15.3 Å². The summed E-state index contributed by atoms with van der Waals surface area (Å²) in [5, 5.41) is 3.66. The maximum Gasteiger partial charge on any atom is 0.307 e. The molecule has 0 bridgehead atoms. The van der Waals surface area contributed by atoms with E-state index in [1.807, 2.05) is 20.8 Å². The van der Waals surface area contributed by atoms with Crippen molar-refractivity contribution in [2.24, 2.45) is 0 Å². The average Bonchev–Trinajstić information content (AvgIpc) is 2.75. The Bertz CT molecular complexity index is 709. The predicted molar refractivity (Wildman–Crippen MR) is 80.6 cm³/mol. The number of aromatic nitrogens is 2. The van der Waals surface area contributed by atoms with Crippen molar-refractivity contribution < 1.29 is 14.3 Å². The fraction of sp³-hybridized carbons (Fsp3) is 0.429. The fourth-order valence-corrected chi connectivity index (χ4v) is 3.34. The molecule has 1 N–H and O–H groups in total. The van der Waals surface area contributed by atoms with Gasteiger partial charge in [-0.2, -0.15) is 0 Å². The summed E-state index contributed by atoms with van der Waals surface area (Å²) in [5.41, 5.74) is 1.75. The molecule has 0 aliphatic heterocycles. The number of rotatable bonds is 4. The normalized spacial score (nSPS) is 10.7. The number of esters is 1. The van der Waals surface area contributed by atoms with Crippen molar-refractivity contribution >= 4 is 33.4 Å². The van der Waals surface area contributed by atoms with Crippen LogP contribution in [0.2, 0.25) is 0 Å². The van der Waals surface area contributed by atoms with Gasteiger partial charge in [0.05, 0.1) is 18.4 Å². The molecule has 0 aliphatic rings. The molecular weight excluding hydrogens is 290 g/mol. The van der Waals surface area contributed by atoms with E-state index in [0.717, 1.165) is 21.5 Å². The van der Waals surface area contributed by atoms with Crippen LogP contribution < -0.4 is 5.32 Å². The number of carbonyl (C=O) groups excluding carboxylic acids is 2. The van der Waals surface area contributed by atoms with E-state index >= 15 is 0 Å². The average molecular weight is 307 g/mol. The minimum atomic E-state index is -0.347. The van der Waals surface area contributed by atoms with Gasteiger partial charge in [0.15, 0.2) is 0 Å². The molecule has 2 aromatic rings. The predicted octanol–water partition coefficient (Wildman–Crippen LogP) is 1.91. The Morgan fingerprint density at radius 2 is 1.95 bits per heavy atom. The Labute approximate surface area is 126 Å². The third kappa shape index (κ3) is 3.18. The zero-order valence-corrected chi connectivity index (χ0v) is 13.3. The topological polar surface area (TPSA) is 81.2 Å². The highest BCUT2D eigenvalue weighted by Crippen LogP contribution is 2.31. The molecule has 21 heavy (non-hydrogen) atoms. The van der Waals surface area contributed by atoms with Crippen LogP contribution in [0.5, 0.6) is 0 Å². The smallest absolute Gasteiger partial charge is 0.307 e. The summed E-state index contributed by atoms with van der Waals surface area (Å²) >= 11 is 1.35. The molecule has 2 heterocycles. The molecule has 0 unspecified atom stereocenters. The molecule has 0 saturated heterocycles. The molecule has 0 fully saturated rings. The summed E-state index contributed by atoms with van der Waals surface area (Å²) in [4.78, 5) is 33.4. The molecule has 2 rings (SSSR count). The molecule has 112 valence electrons. The van der Waals surface area contributed by atoms with Gasteiger partial charge in [0.2, 0.25) is 0 Å². The van der Waals surface area contributed by atoms with Crippen molar-refractivity contribution in [2.75, 3.05) is 13.7 Å². The van der Waals surface area contributed by atoms with Crippen LogP contribution in [0.25, 0.3) is 10.2 Å². The van der Waals surface area contributed by atoms with Crippen molar-refractivity contribution in [2.45, 2.75) is 27.2 Å². The lowest BCUT2D eigenvalue weighted by molar-refractivity contribution is -0.140. The maximum atomic E-state index is 12.2. The van der Waals surface area contributed by atoms with E-state index in [4.69, 9.17) is 0 Å². The second-order valence-corrected chi connectivity index (χ2v) is 5.67. The number of amides is 1. The summed E-state index contributed by atoms with van der Waals surface area (Å²) in [6.07, 6.45) is 0.157. The second-order valence-electron chi connectivity index (χ2n) is 4.67. The Balaban J connectivity index is 2.22. The number of carbonyl (C=O) groups is 2. The van der Waals surface area contributed by atoms with Gasteiger partial charge < -0.3 is 10.1 Å².